The van der Waals surface area contributed by atoms with Crippen molar-refractivity contribution < 1.29 is 4.79 Å². The molecule has 2 aromatic heterocycles. The van der Waals surface area contributed by atoms with Crippen molar-refractivity contribution in [3.63, 3.8) is 0 Å². The molecule has 0 aliphatic rings. The maximum absolute atomic E-state index is 12.9. The number of amides is 1. The molecule has 0 bridgehead atoms. The number of benzene rings is 3. The van der Waals surface area contributed by atoms with E-state index in [2.05, 4.69) is 10.3 Å². The van der Waals surface area contributed by atoms with E-state index in [1.807, 2.05) is 71.4 Å². The van der Waals surface area contributed by atoms with Crippen molar-refractivity contribution in [2.24, 2.45) is 0 Å². The molecule has 5 nitrogen and oxygen atoms in total. The number of fused-ring (bicyclic) bond motifs is 2. The number of hydrogen-bond acceptors (Lipinski definition) is 4. The molecule has 0 aliphatic carbocycles. The minimum Gasteiger partial charge on any atom is -0.350 e. The quantitative estimate of drug-likeness (QED) is 0.418. The highest BCUT2D eigenvalue weighted by Crippen LogP contribution is 2.25. The fourth-order valence-corrected chi connectivity index (χ4v) is 4.81. The van der Waals surface area contributed by atoms with Gasteiger partial charge in [0.15, 0.2) is 5.43 Å². The Morgan fingerprint density at radius 2 is 1.74 bits per heavy atom. The molecule has 0 saturated heterocycles. The molecule has 5 aromatic rings. The van der Waals surface area contributed by atoms with Gasteiger partial charge in [0.1, 0.15) is 0 Å². The van der Waals surface area contributed by atoms with Gasteiger partial charge >= 0.3 is 0 Å². The maximum atomic E-state index is 12.9. The predicted molar refractivity (Wildman–Crippen MR) is 125 cm³/mol. The summed E-state index contributed by atoms with van der Waals surface area (Å²) in [6.07, 6.45) is 5.36. The number of carbonyl (C=O) groups is 1. The molecule has 1 amide bonds. The van der Waals surface area contributed by atoms with Gasteiger partial charge in [0.2, 0.25) is 0 Å². The Morgan fingerprint density at radius 1 is 0.968 bits per heavy atom. The van der Waals surface area contributed by atoms with Crippen LogP contribution in [0.2, 0.25) is 0 Å². The van der Waals surface area contributed by atoms with Gasteiger partial charge in [-0.05, 0) is 35.9 Å². The summed E-state index contributed by atoms with van der Waals surface area (Å²) in [6, 6.07) is 22.8. The Labute approximate surface area is 182 Å². The predicted octanol–water partition coefficient (Wildman–Crippen LogP) is 4.63. The van der Waals surface area contributed by atoms with Crippen LogP contribution in [0, 0.1) is 0 Å². The molecule has 6 heteroatoms. The molecule has 0 aliphatic heterocycles. The summed E-state index contributed by atoms with van der Waals surface area (Å²) in [5.74, 6) is -0.208. The highest BCUT2D eigenvalue weighted by atomic mass is 32.1. The monoisotopic (exact) mass is 425 g/mol. The number of carbonyl (C=O) groups excluding carboxylic acids is 1. The maximum Gasteiger partial charge on any atom is 0.251 e. The highest BCUT2D eigenvalue weighted by molar-refractivity contribution is 7.24. The van der Waals surface area contributed by atoms with Crippen LogP contribution in [0.15, 0.2) is 96.3 Å². The summed E-state index contributed by atoms with van der Waals surface area (Å²) in [4.78, 5) is 30.0. The molecule has 0 spiro atoms. The topological polar surface area (TPSA) is 64.0 Å². The second kappa shape index (κ2) is 8.16. The van der Waals surface area contributed by atoms with E-state index >= 15 is 0 Å². The van der Waals surface area contributed by atoms with Gasteiger partial charge in [-0.2, -0.15) is 0 Å². The van der Waals surface area contributed by atoms with E-state index in [-0.39, 0.29) is 17.4 Å². The molecular formula is C25H19N3O2S. The minimum absolute atomic E-state index is 0.0421. The van der Waals surface area contributed by atoms with Crippen LogP contribution in [-0.2, 0) is 0 Å². The van der Waals surface area contributed by atoms with Gasteiger partial charge in [-0.1, -0.05) is 42.5 Å². The molecular weight excluding hydrogens is 406 g/mol. The molecule has 5 rings (SSSR count). The van der Waals surface area contributed by atoms with Gasteiger partial charge in [-0.25, -0.2) is 4.98 Å². The second-order valence-electron chi connectivity index (χ2n) is 7.28. The highest BCUT2D eigenvalue weighted by Gasteiger charge is 2.16. The Morgan fingerprint density at radius 3 is 2.55 bits per heavy atom. The standard InChI is InChI=1S/C25H19N3O2S/c29-24-19-8-4-5-9-22(19)31-23-11-10-18(14-20(23)24)25(30)27-15-21(28-13-12-26-16-28)17-6-2-1-3-7-17/h1-14,16,21H,15H2,(H,27,30). The van der Waals surface area contributed by atoms with Gasteiger partial charge in [0.05, 0.1) is 12.4 Å². The van der Waals surface area contributed by atoms with Crippen LogP contribution in [0.4, 0.5) is 0 Å². The zero-order chi connectivity index (χ0) is 21.2. The molecule has 1 N–H and O–H groups in total. The lowest BCUT2D eigenvalue weighted by Crippen LogP contribution is -2.31. The molecule has 152 valence electrons. The van der Waals surface area contributed by atoms with Crippen molar-refractivity contribution in [2.75, 3.05) is 6.54 Å². The van der Waals surface area contributed by atoms with Crippen molar-refractivity contribution in [2.45, 2.75) is 6.04 Å². The number of nitrogens with zero attached hydrogens (tertiary/aromatic N) is 2. The van der Waals surface area contributed by atoms with Crippen LogP contribution in [0.25, 0.3) is 20.2 Å². The largest absolute Gasteiger partial charge is 0.350 e. The number of imidazole rings is 1. The lowest BCUT2D eigenvalue weighted by atomic mass is 10.1. The zero-order valence-electron chi connectivity index (χ0n) is 16.6. The van der Waals surface area contributed by atoms with Gasteiger partial charge in [0.25, 0.3) is 5.91 Å². The van der Waals surface area contributed by atoms with Gasteiger partial charge in [-0.15, -0.1) is 11.3 Å². The van der Waals surface area contributed by atoms with Crippen molar-refractivity contribution in [1.82, 2.24) is 14.9 Å². The van der Waals surface area contributed by atoms with Crippen molar-refractivity contribution in [1.29, 1.82) is 0 Å². The summed E-state index contributed by atoms with van der Waals surface area (Å²) >= 11 is 1.56. The number of rotatable bonds is 5. The normalized spacial score (nSPS) is 12.1. The van der Waals surface area contributed by atoms with Crippen molar-refractivity contribution in [3.05, 3.63) is 113 Å². The van der Waals surface area contributed by atoms with Crippen LogP contribution >= 0.6 is 11.3 Å². The summed E-state index contributed by atoms with van der Waals surface area (Å²) in [5, 5.41) is 4.28. The number of hydrogen-bond donors (Lipinski definition) is 1. The van der Waals surface area contributed by atoms with Crippen molar-refractivity contribution >= 4 is 37.4 Å². The summed E-state index contributed by atoms with van der Waals surface area (Å²) in [7, 11) is 0. The first-order chi connectivity index (χ1) is 15.2. The molecule has 3 aromatic carbocycles. The Kier molecular flexibility index (Phi) is 5.06. The molecule has 1 atom stereocenters. The fourth-order valence-electron chi connectivity index (χ4n) is 3.76. The lowest BCUT2D eigenvalue weighted by Gasteiger charge is -2.19. The van der Waals surface area contributed by atoms with E-state index in [1.54, 1.807) is 36.0 Å². The Hall–Kier alpha value is -3.77. The third-order valence-corrected chi connectivity index (χ3v) is 6.51. The van der Waals surface area contributed by atoms with Gasteiger partial charge in [-0.3, -0.25) is 9.59 Å². The molecule has 0 fully saturated rings. The van der Waals surface area contributed by atoms with E-state index in [9.17, 15) is 9.59 Å². The minimum atomic E-state index is -0.208. The smallest absolute Gasteiger partial charge is 0.251 e. The van der Waals surface area contributed by atoms with Crippen LogP contribution in [0.1, 0.15) is 22.0 Å². The number of aromatic nitrogens is 2. The third-order valence-electron chi connectivity index (χ3n) is 5.36. The molecule has 0 saturated carbocycles. The van der Waals surface area contributed by atoms with E-state index < -0.39 is 0 Å². The number of nitrogens with one attached hydrogen (secondary N) is 1. The fraction of sp³-hybridized carbons (Fsp3) is 0.0800. The van der Waals surface area contributed by atoms with Crippen LogP contribution in [0.5, 0.6) is 0 Å². The Bertz CT molecular complexity index is 1430. The SMILES string of the molecule is O=C(NCC(c1ccccc1)n1ccnc1)c1ccc2sc3ccccc3c(=O)c2c1. The summed E-state index contributed by atoms with van der Waals surface area (Å²) in [6.45, 7) is 0.405. The molecule has 0 radical (unpaired) electrons. The first kappa shape index (κ1) is 19.2. The van der Waals surface area contributed by atoms with E-state index in [4.69, 9.17) is 0 Å². The zero-order valence-corrected chi connectivity index (χ0v) is 17.4. The van der Waals surface area contributed by atoms with Crippen LogP contribution < -0.4 is 10.7 Å². The summed E-state index contributed by atoms with van der Waals surface area (Å²) in [5.41, 5.74) is 1.51. The average molecular weight is 426 g/mol. The van der Waals surface area contributed by atoms with Gasteiger partial charge in [0, 0.05) is 44.7 Å². The average Bonchev–Trinajstić information content (AvgIpc) is 3.34. The van der Waals surface area contributed by atoms with Crippen LogP contribution in [-0.4, -0.2) is 22.0 Å². The van der Waals surface area contributed by atoms with Crippen LogP contribution in [0.3, 0.4) is 0 Å². The van der Waals surface area contributed by atoms with Gasteiger partial charge < -0.3 is 9.88 Å². The first-order valence-corrected chi connectivity index (χ1v) is 10.8. The first-order valence-electron chi connectivity index (χ1n) is 9.97. The van der Waals surface area contributed by atoms with Crippen molar-refractivity contribution in [3.8, 4) is 0 Å². The molecule has 31 heavy (non-hydrogen) atoms. The second-order valence-corrected chi connectivity index (χ2v) is 8.37. The molecule has 2 heterocycles. The van der Waals surface area contributed by atoms with E-state index in [0.29, 0.717) is 22.9 Å². The molecule has 1 unspecified atom stereocenters. The summed E-state index contributed by atoms with van der Waals surface area (Å²) < 4.78 is 3.80. The van der Waals surface area contributed by atoms with E-state index in [0.717, 1.165) is 15.0 Å². The third kappa shape index (κ3) is 3.73. The lowest BCUT2D eigenvalue weighted by molar-refractivity contribution is 0.0950. The van der Waals surface area contributed by atoms with E-state index in [1.165, 1.54) is 0 Å². The Balaban J connectivity index is 1.44.